The van der Waals surface area contributed by atoms with Gasteiger partial charge in [-0.05, 0) is 81.9 Å². The fraction of sp³-hybridized carbons (Fsp3) is 0.625. The lowest BCUT2D eigenvalue weighted by Gasteiger charge is -2.35. The molecule has 0 bridgehead atoms. The number of aromatic nitrogens is 1. The second kappa shape index (κ2) is 9.77. The third-order valence-corrected chi connectivity index (χ3v) is 6.70. The second-order valence-electron chi connectivity index (χ2n) is 8.81. The van der Waals surface area contributed by atoms with Crippen LogP contribution in [-0.4, -0.2) is 67.1 Å². The summed E-state index contributed by atoms with van der Waals surface area (Å²) in [6.07, 6.45) is 8.21. The Hall–Kier alpha value is -1.85. The van der Waals surface area contributed by atoms with Crippen LogP contribution >= 0.6 is 0 Å². The van der Waals surface area contributed by atoms with E-state index in [1.165, 1.54) is 64.7 Å². The van der Waals surface area contributed by atoms with Crippen molar-refractivity contribution in [3.63, 3.8) is 0 Å². The van der Waals surface area contributed by atoms with E-state index in [9.17, 15) is 4.79 Å². The van der Waals surface area contributed by atoms with E-state index in [2.05, 4.69) is 38.7 Å². The summed E-state index contributed by atoms with van der Waals surface area (Å²) in [5.74, 6) is 0.970. The average Bonchev–Trinajstić information content (AvgIpc) is 2.75. The van der Waals surface area contributed by atoms with Crippen molar-refractivity contribution in [2.24, 2.45) is 0 Å². The zero-order valence-electron chi connectivity index (χ0n) is 18.0. The highest BCUT2D eigenvalue weighted by molar-refractivity contribution is 5.86. The van der Waals surface area contributed by atoms with Crippen LogP contribution in [0.5, 0.6) is 0 Å². The number of hydrogen-bond acceptors (Lipinski definition) is 4. The largest absolute Gasteiger partial charge is 0.356 e. The number of hydrogen-bond donors (Lipinski definition) is 1. The molecule has 2 aromatic rings. The number of aryl methyl sites for hydroxylation is 1. The number of aromatic amines is 1. The molecule has 0 unspecified atom stereocenters. The van der Waals surface area contributed by atoms with Gasteiger partial charge in [0.1, 0.15) is 5.82 Å². The first-order chi connectivity index (χ1) is 14.2. The fourth-order valence-corrected chi connectivity index (χ4v) is 4.84. The van der Waals surface area contributed by atoms with Gasteiger partial charge in [-0.25, -0.2) is 0 Å². The zero-order chi connectivity index (χ0) is 20.1. The summed E-state index contributed by atoms with van der Waals surface area (Å²) < 4.78 is 0. The van der Waals surface area contributed by atoms with E-state index in [4.69, 9.17) is 0 Å². The molecule has 1 aromatic carbocycles. The van der Waals surface area contributed by atoms with Gasteiger partial charge in [0, 0.05) is 31.6 Å². The van der Waals surface area contributed by atoms with Crippen LogP contribution < -0.4 is 10.5 Å². The maximum absolute atomic E-state index is 12.5. The predicted octanol–water partition coefficient (Wildman–Crippen LogP) is 3.61. The maximum atomic E-state index is 12.5. The maximum Gasteiger partial charge on any atom is 0.257 e. The predicted molar refractivity (Wildman–Crippen MR) is 122 cm³/mol. The molecule has 5 nitrogen and oxygen atoms in total. The zero-order valence-corrected chi connectivity index (χ0v) is 18.0. The van der Waals surface area contributed by atoms with Gasteiger partial charge < -0.3 is 14.8 Å². The molecule has 2 saturated heterocycles. The van der Waals surface area contributed by atoms with Crippen molar-refractivity contribution in [3.8, 4) is 0 Å². The van der Waals surface area contributed by atoms with E-state index in [1.807, 2.05) is 12.1 Å². The topological polar surface area (TPSA) is 42.6 Å². The molecule has 0 saturated carbocycles. The highest BCUT2D eigenvalue weighted by Gasteiger charge is 2.18. The van der Waals surface area contributed by atoms with Crippen molar-refractivity contribution in [2.75, 3.05) is 57.3 Å². The number of anilines is 1. The van der Waals surface area contributed by atoms with Crippen molar-refractivity contribution in [1.82, 2.24) is 14.8 Å². The molecule has 2 fully saturated rings. The molecule has 0 radical (unpaired) electrons. The third-order valence-electron chi connectivity index (χ3n) is 6.70. The minimum absolute atomic E-state index is 0.0253. The first kappa shape index (κ1) is 20.4. The number of unbranched alkanes of at least 4 members (excludes halogenated alkanes) is 2. The number of fused-ring (bicyclic) bond motifs is 1. The standard InChI is InChI=1S/C24H36N4O/c1-20-9-8-10-21-22(20)19-23(25-24(21)29)28-17-15-27(16-18-28)14-7-3-6-13-26-11-4-2-5-12-26/h8-10,19H,2-7,11-18H2,1H3,(H,25,29). The van der Waals surface area contributed by atoms with Gasteiger partial charge in [0.25, 0.3) is 5.56 Å². The van der Waals surface area contributed by atoms with Gasteiger partial charge in [0.2, 0.25) is 0 Å². The molecule has 0 amide bonds. The van der Waals surface area contributed by atoms with Crippen molar-refractivity contribution < 1.29 is 0 Å². The number of rotatable bonds is 7. The summed E-state index contributed by atoms with van der Waals surface area (Å²) in [6.45, 7) is 11.4. The molecule has 158 valence electrons. The Kier molecular flexibility index (Phi) is 6.88. The molecule has 2 aliphatic rings. The molecule has 0 spiro atoms. The minimum Gasteiger partial charge on any atom is -0.356 e. The summed E-state index contributed by atoms with van der Waals surface area (Å²) >= 11 is 0. The summed E-state index contributed by atoms with van der Waals surface area (Å²) in [5, 5.41) is 1.86. The van der Waals surface area contributed by atoms with Gasteiger partial charge in [0.05, 0.1) is 0 Å². The minimum atomic E-state index is 0.0253. The van der Waals surface area contributed by atoms with Crippen LogP contribution in [0.25, 0.3) is 10.8 Å². The molecule has 4 rings (SSSR count). The van der Waals surface area contributed by atoms with Gasteiger partial charge >= 0.3 is 0 Å². The Labute approximate surface area is 174 Å². The first-order valence-electron chi connectivity index (χ1n) is 11.5. The molecule has 0 aliphatic carbocycles. The smallest absolute Gasteiger partial charge is 0.257 e. The number of nitrogens with one attached hydrogen (secondary N) is 1. The molecule has 1 aromatic heterocycles. The van der Waals surface area contributed by atoms with Crippen LogP contribution in [0.2, 0.25) is 0 Å². The molecule has 3 heterocycles. The molecular weight excluding hydrogens is 360 g/mol. The lowest BCUT2D eigenvalue weighted by Crippen LogP contribution is -2.47. The molecular formula is C24H36N4O. The van der Waals surface area contributed by atoms with Crippen LogP contribution in [0.15, 0.2) is 29.1 Å². The first-order valence-corrected chi connectivity index (χ1v) is 11.5. The van der Waals surface area contributed by atoms with E-state index in [0.717, 1.165) is 48.3 Å². The van der Waals surface area contributed by atoms with Gasteiger partial charge in [-0.2, -0.15) is 0 Å². The normalized spacial score (nSPS) is 19.1. The molecule has 2 aliphatic heterocycles. The molecule has 29 heavy (non-hydrogen) atoms. The van der Waals surface area contributed by atoms with Gasteiger partial charge in [0.15, 0.2) is 0 Å². The van der Waals surface area contributed by atoms with Crippen molar-refractivity contribution in [1.29, 1.82) is 0 Å². The van der Waals surface area contributed by atoms with E-state index in [0.29, 0.717) is 0 Å². The van der Waals surface area contributed by atoms with Gasteiger partial charge in [-0.15, -0.1) is 0 Å². The lowest BCUT2D eigenvalue weighted by molar-refractivity contribution is 0.218. The Morgan fingerprint density at radius 1 is 0.828 bits per heavy atom. The highest BCUT2D eigenvalue weighted by atomic mass is 16.1. The highest BCUT2D eigenvalue weighted by Crippen LogP contribution is 2.21. The molecule has 0 atom stereocenters. The van der Waals surface area contributed by atoms with E-state index < -0.39 is 0 Å². The lowest BCUT2D eigenvalue weighted by atomic mass is 10.1. The third kappa shape index (κ3) is 5.20. The number of nitrogens with zero attached hydrogens (tertiary/aromatic N) is 3. The summed E-state index contributed by atoms with van der Waals surface area (Å²) in [4.78, 5) is 23.1. The Morgan fingerprint density at radius 3 is 2.24 bits per heavy atom. The van der Waals surface area contributed by atoms with Crippen LogP contribution in [-0.2, 0) is 0 Å². The summed E-state index contributed by atoms with van der Waals surface area (Å²) in [7, 11) is 0. The average molecular weight is 397 g/mol. The second-order valence-corrected chi connectivity index (χ2v) is 8.81. The monoisotopic (exact) mass is 396 g/mol. The van der Waals surface area contributed by atoms with Crippen LogP contribution in [0.1, 0.15) is 44.1 Å². The summed E-state index contributed by atoms with van der Waals surface area (Å²) in [5.41, 5.74) is 1.19. The van der Waals surface area contributed by atoms with Crippen molar-refractivity contribution in [2.45, 2.75) is 45.4 Å². The van der Waals surface area contributed by atoms with Gasteiger partial charge in [-0.3, -0.25) is 9.69 Å². The molecule has 1 N–H and O–H groups in total. The number of piperazine rings is 1. The Bertz CT molecular complexity index is 848. The van der Waals surface area contributed by atoms with Crippen LogP contribution in [0, 0.1) is 6.92 Å². The number of pyridine rings is 1. The van der Waals surface area contributed by atoms with Gasteiger partial charge in [-0.1, -0.05) is 25.0 Å². The van der Waals surface area contributed by atoms with Crippen LogP contribution in [0.3, 0.4) is 0 Å². The number of H-pyrrole nitrogens is 1. The van der Waals surface area contributed by atoms with Crippen molar-refractivity contribution in [3.05, 3.63) is 40.2 Å². The van der Waals surface area contributed by atoms with E-state index >= 15 is 0 Å². The van der Waals surface area contributed by atoms with Crippen molar-refractivity contribution >= 4 is 16.6 Å². The quantitative estimate of drug-likeness (QED) is 0.726. The van der Waals surface area contributed by atoms with Crippen LogP contribution in [0.4, 0.5) is 5.82 Å². The molecule has 5 heteroatoms. The number of piperidine rings is 1. The Balaban J connectivity index is 1.22. The Morgan fingerprint density at radius 2 is 1.52 bits per heavy atom. The fourth-order valence-electron chi connectivity index (χ4n) is 4.84. The van der Waals surface area contributed by atoms with E-state index in [1.54, 1.807) is 0 Å². The summed E-state index contributed by atoms with van der Waals surface area (Å²) in [6, 6.07) is 8.10. The SMILES string of the molecule is Cc1cccc2c(=O)[nH]c(N3CCN(CCCCCN4CCCCC4)CC3)cc12. The number of benzene rings is 1. The van der Waals surface area contributed by atoms with E-state index in [-0.39, 0.29) is 5.56 Å². The number of likely N-dealkylation sites (tertiary alicyclic amines) is 1.